The predicted octanol–water partition coefficient (Wildman–Crippen LogP) is 2.20. The normalized spacial score (nSPS) is 11.2. The van der Waals surface area contributed by atoms with Crippen molar-refractivity contribution in [1.29, 1.82) is 0 Å². The minimum absolute atomic E-state index is 0.318. The van der Waals surface area contributed by atoms with Crippen LogP contribution in [0.4, 0.5) is 8.78 Å². The maximum Gasteiger partial charge on any atom is 0.319 e. The number of hydrogen-bond donors (Lipinski definition) is 1. The molecule has 0 saturated heterocycles. The maximum absolute atomic E-state index is 12.5. The van der Waals surface area contributed by atoms with Gasteiger partial charge in [0.1, 0.15) is 11.6 Å². The van der Waals surface area contributed by atoms with E-state index in [1.54, 1.807) is 6.26 Å². The minimum atomic E-state index is -2.54. The van der Waals surface area contributed by atoms with E-state index in [0.29, 0.717) is 18.9 Å². The molecule has 0 aliphatic rings. The van der Waals surface area contributed by atoms with Crippen molar-refractivity contribution < 1.29 is 13.2 Å². The van der Waals surface area contributed by atoms with Crippen LogP contribution in [0.3, 0.4) is 0 Å². The van der Waals surface area contributed by atoms with Gasteiger partial charge in [-0.05, 0) is 12.1 Å². The van der Waals surface area contributed by atoms with Gasteiger partial charge < -0.3 is 9.73 Å². The van der Waals surface area contributed by atoms with Crippen LogP contribution in [0.25, 0.3) is 0 Å². The quantitative estimate of drug-likeness (QED) is 0.788. The van der Waals surface area contributed by atoms with Gasteiger partial charge in [-0.25, -0.2) is 4.98 Å². The Labute approximate surface area is 97.3 Å². The molecular weight excluding hydrogens is 228 g/mol. The van der Waals surface area contributed by atoms with Gasteiger partial charge in [0, 0.05) is 25.4 Å². The van der Waals surface area contributed by atoms with E-state index in [-0.39, 0.29) is 0 Å². The van der Waals surface area contributed by atoms with Gasteiger partial charge in [-0.3, -0.25) is 4.57 Å². The van der Waals surface area contributed by atoms with E-state index in [0.717, 1.165) is 16.7 Å². The number of halogens is 2. The Hall–Kier alpha value is -1.69. The number of furan rings is 1. The van der Waals surface area contributed by atoms with Crippen molar-refractivity contribution in [3.63, 3.8) is 0 Å². The molecule has 2 heterocycles. The van der Waals surface area contributed by atoms with Crippen molar-refractivity contribution in [1.82, 2.24) is 14.9 Å². The second-order valence-corrected chi connectivity index (χ2v) is 3.53. The summed E-state index contributed by atoms with van der Waals surface area (Å²) in [6, 6.07) is 3.70. The Morgan fingerprint density at radius 3 is 3.06 bits per heavy atom. The second-order valence-electron chi connectivity index (χ2n) is 3.53. The Bertz CT molecular complexity index is 439. The van der Waals surface area contributed by atoms with Crippen molar-refractivity contribution in [3.05, 3.63) is 42.4 Å². The van der Waals surface area contributed by atoms with Gasteiger partial charge in [-0.15, -0.1) is 0 Å². The Balaban J connectivity index is 1.76. The summed E-state index contributed by atoms with van der Waals surface area (Å²) in [6.07, 6.45) is 4.98. The van der Waals surface area contributed by atoms with Crippen molar-refractivity contribution in [3.8, 4) is 0 Å². The van der Waals surface area contributed by atoms with Crippen molar-refractivity contribution in [2.24, 2.45) is 0 Å². The highest BCUT2D eigenvalue weighted by atomic mass is 19.3. The molecule has 0 aromatic carbocycles. The Morgan fingerprint density at radius 1 is 1.47 bits per heavy atom. The number of rotatable bonds is 6. The van der Waals surface area contributed by atoms with Gasteiger partial charge in [0.25, 0.3) is 0 Å². The molecule has 92 valence electrons. The summed E-state index contributed by atoms with van der Waals surface area (Å²) in [7, 11) is 0. The molecule has 17 heavy (non-hydrogen) atoms. The zero-order valence-electron chi connectivity index (χ0n) is 9.14. The van der Waals surface area contributed by atoms with Crippen LogP contribution in [-0.4, -0.2) is 16.1 Å². The topological polar surface area (TPSA) is 43.0 Å². The van der Waals surface area contributed by atoms with Crippen molar-refractivity contribution in [2.75, 3.05) is 6.54 Å². The van der Waals surface area contributed by atoms with Crippen LogP contribution in [0.5, 0.6) is 0 Å². The van der Waals surface area contributed by atoms with Crippen LogP contribution < -0.4 is 5.32 Å². The first-order chi connectivity index (χ1) is 8.27. The van der Waals surface area contributed by atoms with E-state index in [1.165, 1.54) is 12.4 Å². The average Bonchev–Trinajstić information content (AvgIpc) is 2.95. The fourth-order valence-corrected chi connectivity index (χ4v) is 1.53. The average molecular weight is 241 g/mol. The minimum Gasteiger partial charge on any atom is -0.469 e. The highest BCUT2D eigenvalue weighted by Crippen LogP contribution is 2.11. The zero-order valence-corrected chi connectivity index (χ0v) is 9.14. The third-order valence-corrected chi connectivity index (χ3v) is 2.37. The summed E-state index contributed by atoms with van der Waals surface area (Å²) in [6.45, 7) is -1.57. The Morgan fingerprint density at radius 2 is 2.35 bits per heavy atom. The highest BCUT2D eigenvalue weighted by molar-refractivity contribution is 4.98. The van der Waals surface area contributed by atoms with Gasteiger partial charge in [0.15, 0.2) is 0 Å². The predicted molar refractivity (Wildman–Crippen MR) is 57.6 cm³/mol. The third-order valence-electron chi connectivity index (χ3n) is 2.37. The molecule has 2 aromatic heterocycles. The highest BCUT2D eigenvalue weighted by Gasteiger charge is 2.10. The molecule has 1 N–H and O–H groups in total. The molecule has 0 bridgehead atoms. The number of nitrogens with one attached hydrogen (secondary N) is 1. The van der Waals surface area contributed by atoms with Gasteiger partial charge in [-0.2, -0.15) is 8.78 Å². The first-order valence-corrected chi connectivity index (χ1v) is 5.30. The van der Waals surface area contributed by atoms with Crippen LogP contribution in [0, 0.1) is 0 Å². The molecule has 0 amide bonds. The van der Waals surface area contributed by atoms with Crippen molar-refractivity contribution >= 4 is 0 Å². The number of nitrogens with zero attached hydrogens (tertiary/aromatic N) is 2. The standard InChI is InChI=1S/C11H13F2N3O/c12-11(13)16-6-5-15-10(16)8-14-4-3-9-2-1-7-17-9/h1-2,5-7,11,14H,3-4,8H2. The van der Waals surface area contributed by atoms with E-state index < -0.39 is 6.55 Å². The number of alkyl halides is 2. The zero-order chi connectivity index (χ0) is 12.1. The summed E-state index contributed by atoms with van der Waals surface area (Å²) in [5.74, 6) is 1.20. The lowest BCUT2D eigenvalue weighted by atomic mass is 10.3. The van der Waals surface area contributed by atoms with Crippen LogP contribution in [0.15, 0.2) is 35.2 Å². The van der Waals surface area contributed by atoms with E-state index in [4.69, 9.17) is 4.42 Å². The molecule has 0 atom stereocenters. The molecule has 0 spiro atoms. The molecule has 6 heteroatoms. The van der Waals surface area contributed by atoms with Crippen molar-refractivity contribution in [2.45, 2.75) is 19.5 Å². The lowest BCUT2D eigenvalue weighted by Gasteiger charge is -2.07. The second kappa shape index (κ2) is 5.58. The molecule has 4 nitrogen and oxygen atoms in total. The summed E-state index contributed by atoms with van der Waals surface area (Å²) in [5.41, 5.74) is 0. The number of imidazole rings is 1. The van der Waals surface area contributed by atoms with Gasteiger partial charge in [-0.1, -0.05) is 0 Å². The molecule has 2 rings (SSSR count). The van der Waals surface area contributed by atoms with Gasteiger partial charge in [0.2, 0.25) is 0 Å². The smallest absolute Gasteiger partial charge is 0.319 e. The number of hydrogen-bond acceptors (Lipinski definition) is 3. The van der Waals surface area contributed by atoms with Crippen LogP contribution in [0.2, 0.25) is 0 Å². The van der Waals surface area contributed by atoms with E-state index in [2.05, 4.69) is 10.3 Å². The summed E-state index contributed by atoms with van der Waals surface area (Å²) in [5, 5.41) is 3.04. The monoisotopic (exact) mass is 241 g/mol. The Kier molecular flexibility index (Phi) is 3.87. The van der Waals surface area contributed by atoms with Gasteiger partial charge >= 0.3 is 6.55 Å². The lowest BCUT2D eigenvalue weighted by Crippen LogP contribution is -2.19. The first-order valence-electron chi connectivity index (χ1n) is 5.30. The molecule has 0 unspecified atom stereocenters. The molecule has 0 saturated carbocycles. The molecule has 0 fully saturated rings. The molecule has 0 aliphatic carbocycles. The summed E-state index contributed by atoms with van der Waals surface area (Å²) < 4.78 is 30.9. The summed E-state index contributed by atoms with van der Waals surface area (Å²) in [4.78, 5) is 3.87. The number of aromatic nitrogens is 2. The largest absolute Gasteiger partial charge is 0.469 e. The summed E-state index contributed by atoms with van der Waals surface area (Å²) >= 11 is 0. The van der Waals surface area contributed by atoms with Gasteiger partial charge in [0.05, 0.1) is 12.8 Å². The van der Waals surface area contributed by atoms with E-state index >= 15 is 0 Å². The fraction of sp³-hybridized carbons (Fsp3) is 0.364. The van der Waals surface area contributed by atoms with Crippen LogP contribution >= 0.6 is 0 Å². The first kappa shape index (κ1) is 11.8. The van der Waals surface area contributed by atoms with Crippen LogP contribution in [0.1, 0.15) is 18.1 Å². The molecule has 0 aliphatic heterocycles. The molecular formula is C11H13F2N3O. The SMILES string of the molecule is FC(F)n1ccnc1CNCCc1ccco1. The molecule has 2 aromatic rings. The lowest BCUT2D eigenvalue weighted by molar-refractivity contribution is 0.0666. The molecule has 0 radical (unpaired) electrons. The van der Waals surface area contributed by atoms with E-state index in [9.17, 15) is 8.78 Å². The third kappa shape index (κ3) is 3.13. The maximum atomic E-state index is 12.5. The fourth-order valence-electron chi connectivity index (χ4n) is 1.53. The van der Waals surface area contributed by atoms with E-state index in [1.807, 2.05) is 12.1 Å². The van der Waals surface area contributed by atoms with Crippen LogP contribution in [-0.2, 0) is 13.0 Å².